The normalized spacial score (nSPS) is 15.8. The second kappa shape index (κ2) is 6.36. The van der Waals surface area contributed by atoms with Gasteiger partial charge in [0.2, 0.25) is 5.91 Å². The van der Waals surface area contributed by atoms with Gasteiger partial charge in [-0.1, -0.05) is 20.8 Å². The molecule has 0 fully saturated rings. The number of hydrogen-bond donors (Lipinski definition) is 2. The molecule has 0 aromatic heterocycles. The first kappa shape index (κ1) is 16.4. The van der Waals surface area contributed by atoms with Crippen LogP contribution in [0, 0.1) is 10.8 Å². The first-order chi connectivity index (χ1) is 7.67. The quantitative estimate of drug-likeness (QED) is 0.703. The van der Waals surface area contributed by atoms with Crippen molar-refractivity contribution in [2.75, 3.05) is 33.7 Å². The highest BCUT2D eigenvalue weighted by Gasteiger charge is 2.30. The molecule has 4 nitrogen and oxygen atoms in total. The summed E-state index contributed by atoms with van der Waals surface area (Å²) in [4.78, 5) is 14.2. The van der Waals surface area contributed by atoms with Gasteiger partial charge in [0.25, 0.3) is 0 Å². The molecule has 0 heterocycles. The molecule has 1 unspecified atom stereocenters. The highest BCUT2D eigenvalue weighted by molar-refractivity contribution is 5.82. The van der Waals surface area contributed by atoms with Gasteiger partial charge in [0.1, 0.15) is 0 Å². The van der Waals surface area contributed by atoms with E-state index in [9.17, 15) is 4.79 Å². The maximum Gasteiger partial charge on any atom is 0.227 e. The third-order valence-electron chi connectivity index (χ3n) is 3.25. The molecule has 1 atom stereocenters. The van der Waals surface area contributed by atoms with Crippen molar-refractivity contribution in [3.8, 4) is 0 Å². The van der Waals surface area contributed by atoms with Crippen molar-refractivity contribution in [3.05, 3.63) is 0 Å². The molecule has 0 aromatic carbocycles. The molecule has 0 radical (unpaired) electrons. The lowest BCUT2D eigenvalue weighted by Crippen LogP contribution is -2.47. The molecule has 0 bridgehead atoms. The fraction of sp³-hybridized carbons (Fsp3) is 0.923. The smallest absolute Gasteiger partial charge is 0.227 e. The fourth-order valence-corrected chi connectivity index (χ4v) is 1.84. The number of carbonyl (C=O) groups excluding carboxylic acids is 1. The van der Waals surface area contributed by atoms with E-state index in [1.165, 1.54) is 0 Å². The van der Waals surface area contributed by atoms with E-state index in [2.05, 4.69) is 24.1 Å². The average molecular weight is 243 g/mol. The highest BCUT2D eigenvalue weighted by atomic mass is 16.2. The van der Waals surface area contributed by atoms with Gasteiger partial charge in [-0.15, -0.1) is 0 Å². The first-order valence-corrected chi connectivity index (χ1v) is 6.30. The van der Waals surface area contributed by atoms with Crippen LogP contribution in [0.2, 0.25) is 0 Å². The summed E-state index contributed by atoms with van der Waals surface area (Å²) in [6.45, 7) is 10.2. The molecule has 17 heavy (non-hydrogen) atoms. The minimum atomic E-state index is -0.436. The van der Waals surface area contributed by atoms with E-state index in [0.29, 0.717) is 13.1 Å². The third kappa shape index (κ3) is 5.50. The monoisotopic (exact) mass is 243 g/mol. The summed E-state index contributed by atoms with van der Waals surface area (Å²) in [5, 5.41) is 3.03. The minimum absolute atomic E-state index is 0.0642. The largest absolute Gasteiger partial charge is 0.355 e. The Kier molecular flexibility index (Phi) is 6.13. The Hall–Kier alpha value is -0.610. The van der Waals surface area contributed by atoms with Gasteiger partial charge in [-0.25, -0.2) is 0 Å². The zero-order valence-corrected chi connectivity index (χ0v) is 12.3. The zero-order valence-electron chi connectivity index (χ0n) is 12.3. The average Bonchev–Trinajstić information content (AvgIpc) is 2.23. The lowest BCUT2D eigenvalue weighted by molar-refractivity contribution is -0.130. The summed E-state index contributed by atoms with van der Waals surface area (Å²) < 4.78 is 0. The second-order valence-corrected chi connectivity index (χ2v) is 6.20. The second-order valence-electron chi connectivity index (χ2n) is 6.20. The van der Waals surface area contributed by atoms with Gasteiger partial charge >= 0.3 is 0 Å². The van der Waals surface area contributed by atoms with Crippen LogP contribution >= 0.6 is 0 Å². The highest BCUT2D eigenvalue weighted by Crippen LogP contribution is 2.20. The van der Waals surface area contributed by atoms with E-state index in [4.69, 9.17) is 5.73 Å². The molecule has 0 aliphatic rings. The topological polar surface area (TPSA) is 58.4 Å². The number of nitrogens with zero attached hydrogens (tertiary/aromatic N) is 1. The van der Waals surface area contributed by atoms with Crippen molar-refractivity contribution in [3.63, 3.8) is 0 Å². The summed E-state index contributed by atoms with van der Waals surface area (Å²) in [7, 11) is 4.08. The summed E-state index contributed by atoms with van der Waals surface area (Å²) in [6.07, 6.45) is 0.767. The Bertz CT molecular complexity index is 245. The van der Waals surface area contributed by atoms with Crippen molar-refractivity contribution < 1.29 is 4.79 Å². The van der Waals surface area contributed by atoms with Crippen LogP contribution in [0.15, 0.2) is 0 Å². The summed E-state index contributed by atoms with van der Waals surface area (Å²) in [5.41, 5.74) is 5.30. The van der Waals surface area contributed by atoms with Gasteiger partial charge in [0.15, 0.2) is 0 Å². The molecule has 1 amide bonds. The van der Waals surface area contributed by atoms with Crippen LogP contribution in [0.1, 0.15) is 34.1 Å². The predicted octanol–water partition coefficient (Wildman–Crippen LogP) is 1.07. The van der Waals surface area contributed by atoms with E-state index in [1.54, 1.807) is 0 Å². The summed E-state index contributed by atoms with van der Waals surface area (Å²) in [6, 6.07) is 0. The van der Waals surface area contributed by atoms with E-state index in [0.717, 1.165) is 13.0 Å². The van der Waals surface area contributed by atoms with Crippen LogP contribution < -0.4 is 11.1 Å². The first-order valence-electron chi connectivity index (χ1n) is 6.30. The number of amides is 1. The third-order valence-corrected chi connectivity index (χ3v) is 3.25. The number of hydrogen-bond acceptors (Lipinski definition) is 3. The molecule has 0 spiro atoms. The van der Waals surface area contributed by atoms with Gasteiger partial charge in [-0.3, -0.25) is 4.79 Å². The van der Waals surface area contributed by atoms with Crippen molar-refractivity contribution >= 4 is 5.91 Å². The van der Waals surface area contributed by atoms with Gasteiger partial charge in [0, 0.05) is 19.6 Å². The molecule has 0 saturated carbocycles. The van der Waals surface area contributed by atoms with Crippen molar-refractivity contribution in [2.45, 2.75) is 34.1 Å². The molecule has 102 valence electrons. The van der Waals surface area contributed by atoms with Crippen molar-refractivity contribution in [1.82, 2.24) is 10.2 Å². The molecular weight excluding hydrogens is 214 g/mol. The maximum absolute atomic E-state index is 12.1. The molecule has 0 saturated heterocycles. The van der Waals surface area contributed by atoms with Crippen LogP contribution in [0.4, 0.5) is 0 Å². The lowest BCUT2D eigenvalue weighted by Gasteiger charge is -2.31. The standard InChI is InChI=1S/C13H29N3O/c1-7-13(4,8-14)11(17)15-9-12(2,3)10-16(5)6/h7-10,14H2,1-6H3,(H,15,17). The lowest BCUT2D eigenvalue weighted by atomic mass is 9.85. The molecule has 4 heteroatoms. The van der Waals surface area contributed by atoms with E-state index < -0.39 is 5.41 Å². The molecule has 0 rings (SSSR count). The van der Waals surface area contributed by atoms with Crippen molar-refractivity contribution in [2.24, 2.45) is 16.6 Å². The van der Waals surface area contributed by atoms with Crippen LogP contribution in [-0.4, -0.2) is 44.5 Å². The predicted molar refractivity (Wildman–Crippen MR) is 72.8 cm³/mol. The van der Waals surface area contributed by atoms with Crippen LogP contribution in [0.3, 0.4) is 0 Å². The molecular formula is C13H29N3O. The van der Waals surface area contributed by atoms with Crippen molar-refractivity contribution in [1.29, 1.82) is 0 Å². The maximum atomic E-state index is 12.1. The van der Waals surface area contributed by atoms with E-state index in [1.807, 2.05) is 27.9 Å². The molecule has 3 N–H and O–H groups in total. The Morgan fingerprint density at radius 1 is 1.29 bits per heavy atom. The van der Waals surface area contributed by atoms with Gasteiger partial charge in [-0.2, -0.15) is 0 Å². The molecule has 0 aromatic rings. The molecule has 0 aliphatic heterocycles. The summed E-state index contributed by atoms with van der Waals surface area (Å²) >= 11 is 0. The zero-order chi connectivity index (χ0) is 13.7. The van der Waals surface area contributed by atoms with E-state index >= 15 is 0 Å². The summed E-state index contributed by atoms with van der Waals surface area (Å²) in [5.74, 6) is 0.0642. The Morgan fingerprint density at radius 2 is 1.82 bits per heavy atom. The Balaban J connectivity index is 4.33. The SMILES string of the molecule is CCC(C)(CN)C(=O)NCC(C)(C)CN(C)C. The van der Waals surface area contributed by atoms with Gasteiger partial charge in [0.05, 0.1) is 5.41 Å². The van der Waals surface area contributed by atoms with Crippen LogP contribution in [0.5, 0.6) is 0 Å². The van der Waals surface area contributed by atoms with Crippen LogP contribution in [0.25, 0.3) is 0 Å². The number of nitrogens with two attached hydrogens (primary N) is 1. The Labute approximate surface area is 106 Å². The van der Waals surface area contributed by atoms with Gasteiger partial charge < -0.3 is 16.0 Å². The molecule has 0 aliphatic carbocycles. The Morgan fingerprint density at radius 3 is 2.18 bits per heavy atom. The number of rotatable bonds is 7. The fourth-order valence-electron chi connectivity index (χ4n) is 1.84. The van der Waals surface area contributed by atoms with Gasteiger partial charge in [-0.05, 0) is 32.9 Å². The number of carbonyl (C=O) groups is 1. The number of nitrogens with one attached hydrogen (secondary N) is 1. The van der Waals surface area contributed by atoms with E-state index in [-0.39, 0.29) is 11.3 Å². The van der Waals surface area contributed by atoms with Crippen LogP contribution in [-0.2, 0) is 4.79 Å². The minimum Gasteiger partial charge on any atom is -0.355 e.